The molecule has 0 bridgehead atoms. The summed E-state index contributed by atoms with van der Waals surface area (Å²) in [7, 11) is 2.99. The van der Waals surface area contributed by atoms with Gasteiger partial charge in [-0.1, -0.05) is 6.92 Å². The molecule has 0 aliphatic heterocycles. The van der Waals surface area contributed by atoms with Crippen molar-refractivity contribution >= 4 is 11.9 Å². The standard InChI is InChI=1S/C16H23NO6/c1-4-8-23-14-10-11(22-3)5-6-12(14)15(18)17-13(16(19)20)7-9-21-2/h5-6,10,13H,4,7-9H2,1-3H3,(H,17,18)(H,19,20). The highest BCUT2D eigenvalue weighted by Crippen LogP contribution is 2.25. The molecule has 2 N–H and O–H groups in total. The molecule has 7 heteroatoms. The first kappa shape index (κ1) is 18.8. The zero-order valence-corrected chi connectivity index (χ0v) is 13.6. The van der Waals surface area contributed by atoms with E-state index in [-0.39, 0.29) is 18.6 Å². The molecule has 0 fully saturated rings. The number of carbonyl (C=O) groups excluding carboxylic acids is 1. The maximum atomic E-state index is 12.4. The molecule has 7 nitrogen and oxygen atoms in total. The molecule has 1 aromatic carbocycles. The molecule has 0 saturated heterocycles. The fourth-order valence-corrected chi connectivity index (χ4v) is 1.88. The summed E-state index contributed by atoms with van der Waals surface area (Å²) in [6.07, 6.45) is 0.961. The van der Waals surface area contributed by atoms with Crippen molar-refractivity contribution in [2.75, 3.05) is 27.4 Å². The van der Waals surface area contributed by atoms with E-state index >= 15 is 0 Å². The van der Waals surface area contributed by atoms with Gasteiger partial charge in [0.2, 0.25) is 0 Å². The SMILES string of the molecule is CCCOc1cc(OC)ccc1C(=O)NC(CCOC)C(=O)O. The number of carboxylic acid groups (broad SMARTS) is 1. The molecule has 0 aliphatic carbocycles. The Labute approximate surface area is 135 Å². The molecule has 1 rings (SSSR count). The third-order valence-electron chi connectivity index (χ3n) is 3.11. The van der Waals surface area contributed by atoms with Crippen molar-refractivity contribution in [1.29, 1.82) is 0 Å². The van der Waals surface area contributed by atoms with E-state index in [0.717, 1.165) is 6.42 Å². The summed E-state index contributed by atoms with van der Waals surface area (Å²) in [5.41, 5.74) is 0.267. The average molecular weight is 325 g/mol. The molecule has 1 aromatic rings. The van der Waals surface area contributed by atoms with Crippen molar-refractivity contribution in [2.45, 2.75) is 25.8 Å². The van der Waals surface area contributed by atoms with Crippen LogP contribution in [0, 0.1) is 0 Å². The number of amides is 1. The van der Waals surface area contributed by atoms with Crippen LogP contribution in [0.1, 0.15) is 30.1 Å². The molecule has 1 amide bonds. The second-order valence-electron chi connectivity index (χ2n) is 4.86. The topological polar surface area (TPSA) is 94.1 Å². The maximum absolute atomic E-state index is 12.4. The van der Waals surface area contributed by atoms with Crippen LogP contribution in [0.25, 0.3) is 0 Å². The number of hydrogen-bond donors (Lipinski definition) is 2. The van der Waals surface area contributed by atoms with Gasteiger partial charge in [-0.05, 0) is 18.6 Å². The normalized spacial score (nSPS) is 11.6. The Morgan fingerprint density at radius 3 is 2.57 bits per heavy atom. The van der Waals surface area contributed by atoms with Crippen LogP contribution in [0.3, 0.4) is 0 Å². The number of hydrogen-bond acceptors (Lipinski definition) is 5. The van der Waals surface area contributed by atoms with Crippen molar-refractivity contribution in [1.82, 2.24) is 5.32 Å². The lowest BCUT2D eigenvalue weighted by molar-refractivity contribution is -0.139. The predicted molar refractivity (Wildman–Crippen MR) is 84.2 cm³/mol. The molecule has 0 radical (unpaired) electrons. The molecule has 0 spiro atoms. The third-order valence-corrected chi connectivity index (χ3v) is 3.11. The van der Waals surface area contributed by atoms with Crippen molar-refractivity contribution in [3.05, 3.63) is 23.8 Å². The zero-order chi connectivity index (χ0) is 17.2. The van der Waals surface area contributed by atoms with Crippen molar-refractivity contribution in [3.63, 3.8) is 0 Å². The fourth-order valence-electron chi connectivity index (χ4n) is 1.88. The van der Waals surface area contributed by atoms with E-state index in [9.17, 15) is 9.59 Å². The second kappa shape index (κ2) is 9.68. The Morgan fingerprint density at radius 1 is 1.26 bits per heavy atom. The van der Waals surface area contributed by atoms with E-state index < -0.39 is 17.9 Å². The molecule has 128 valence electrons. The van der Waals surface area contributed by atoms with E-state index in [2.05, 4.69) is 5.32 Å². The number of methoxy groups -OCH3 is 2. The average Bonchev–Trinajstić information content (AvgIpc) is 2.55. The maximum Gasteiger partial charge on any atom is 0.326 e. The summed E-state index contributed by atoms with van der Waals surface area (Å²) in [5, 5.41) is 11.6. The summed E-state index contributed by atoms with van der Waals surface area (Å²) >= 11 is 0. The summed E-state index contributed by atoms with van der Waals surface area (Å²) in [4.78, 5) is 23.6. The zero-order valence-electron chi connectivity index (χ0n) is 13.6. The van der Waals surface area contributed by atoms with Crippen LogP contribution in [-0.4, -0.2) is 50.5 Å². The van der Waals surface area contributed by atoms with Gasteiger partial charge in [0.1, 0.15) is 17.5 Å². The predicted octanol–water partition coefficient (Wildman–Crippen LogP) is 1.70. The number of aliphatic carboxylic acids is 1. The molecule has 0 heterocycles. The minimum absolute atomic E-state index is 0.179. The van der Waals surface area contributed by atoms with Crippen molar-refractivity contribution < 1.29 is 28.9 Å². The Morgan fingerprint density at radius 2 is 2.00 bits per heavy atom. The lowest BCUT2D eigenvalue weighted by Gasteiger charge is -2.16. The summed E-state index contributed by atoms with van der Waals surface area (Å²) in [6.45, 7) is 2.63. The van der Waals surface area contributed by atoms with E-state index in [1.165, 1.54) is 14.2 Å². The minimum atomic E-state index is -1.11. The van der Waals surface area contributed by atoms with Gasteiger partial charge in [0, 0.05) is 26.2 Å². The largest absolute Gasteiger partial charge is 0.497 e. The van der Waals surface area contributed by atoms with Gasteiger partial charge in [0.15, 0.2) is 0 Å². The first-order valence-corrected chi connectivity index (χ1v) is 7.36. The molecule has 1 unspecified atom stereocenters. The van der Waals surface area contributed by atoms with E-state index in [1.54, 1.807) is 18.2 Å². The first-order valence-electron chi connectivity index (χ1n) is 7.36. The summed E-state index contributed by atoms with van der Waals surface area (Å²) in [5.74, 6) is -0.705. The van der Waals surface area contributed by atoms with Gasteiger partial charge in [0.25, 0.3) is 5.91 Å². The molecule has 0 aliphatic rings. The van der Waals surface area contributed by atoms with E-state index in [1.807, 2.05) is 6.92 Å². The molecule has 23 heavy (non-hydrogen) atoms. The summed E-state index contributed by atoms with van der Waals surface area (Å²) < 4.78 is 15.5. The number of rotatable bonds is 10. The van der Waals surface area contributed by atoms with Crippen LogP contribution in [0.15, 0.2) is 18.2 Å². The highest BCUT2D eigenvalue weighted by Gasteiger charge is 2.22. The van der Waals surface area contributed by atoms with Crippen LogP contribution in [0.5, 0.6) is 11.5 Å². The lowest BCUT2D eigenvalue weighted by atomic mass is 10.1. The van der Waals surface area contributed by atoms with Gasteiger partial charge < -0.3 is 24.6 Å². The number of ether oxygens (including phenoxy) is 3. The molecule has 0 saturated carbocycles. The van der Waals surface area contributed by atoms with E-state index in [4.69, 9.17) is 19.3 Å². The molecular weight excluding hydrogens is 302 g/mol. The number of benzene rings is 1. The second-order valence-corrected chi connectivity index (χ2v) is 4.86. The van der Waals surface area contributed by atoms with Crippen LogP contribution in [-0.2, 0) is 9.53 Å². The smallest absolute Gasteiger partial charge is 0.326 e. The van der Waals surface area contributed by atoms with Gasteiger partial charge in [-0.3, -0.25) is 4.79 Å². The van der Waals surface area contributed by atoms with Gasteiger partial charge in [-0.25, -0.2) is 4.79 Å². The van der Waals surface area contributed by atoms with Crippen LogP contribution in [0.2, 0.25) is 0 Å². The number of nitrogens with one attached hydrogen (secondary N) is 1. The Bertz CT molecular complexity index is 531. The Balaban J connectivity index is 2.93. The van der Waals surface area contributed by atoms with E-state index in [0.29, 0.717) is 18.1 Å². The van der Waals surface area contributed by atoms with Gasteiger partial charge in [0.05, 0.1) is 19.3 Å². The minimum Gasteiger partial charge on any atom is -0.497 e. The van der Waals surface area contributed by atoms with Gasteiger partial charge >= 0.3 is 5.97 Å². The number of carboxylic acids is 1. The molecule has 0 aromatic heterocycles. The summed E-state index contributed by atoms with van der Waals surface area (Å²) in [6, 6.07) is 3.76. The number of carbonyl (C=O) groups is 2. The third kappa shape index (κ3) is 5.78. The Hall–Kier alpha value is -2.28. The van der Waals surface area contributed by atoms with Crippen molar-refractivity contribution in [2.24, 2.45) is 0 Å². The molecular formula is C16H23NO6. The van der Waals surface area contributed by atoms with Gasteiger partial charge in [-0.2, -0.15) is 0 Å². The first-order chi connectivity index (χ1) is 11.0. The quantitative estimate of drug-likeness (QED) is 0.680. The highest BCUT2D eigenvalue weighted by molar-refractivity contribution is 5.99. The Kier molecular flexibility index (Phi) is 7.90. The van der Waals surface area contributed by atoms with Crippen LogP contribution < -0.4 is 14.8 Å². The molecule has 1 atom stereocenters. The highest BCUT2D eigenvalue weighted by atomic mass is 16.5. The van der Waals surface area contributed by atoms with Crippen LogP contribution >= 0.6 is 0 Å². The monoisotopic (exact) mass is 325 g/mol. The van der Waals surface area contributed by atoms with Crippen LogP contribution in [0.4, 0.5) is 0 Å². The lowest BCUT2D eigenvalue weighted by Crippen LogP contribution is -2.41. The fraction of sp³-hybridized carbons (Fsp3) is 0.500. The van der Waals surface area contributed by atoms with Gasteiger partial charge in [-0.15, -0.1) is 0 Å². The van der Waals surface area contributed by atoms with Crippen molar-refractivity contribution in [3.8, 4) is 11.5 Å².